The number of rotatable bonds is 4. The van der Waals surface area contributed by atoms with E-state index < -0.39 is 7.92 Å². The highest BCUT2D eigenvalue weighted by Crippen LogP contribution is 2.31. The summed E-state index contributed by atoms with van der Waals surface area (Å²) in [7, 11) is -0.897. The maximum atomic E-state index is 13.3. The third-order valence-electron chi connectivity index (χ3n) is 2.29. The number of halogens is 2. The van der Waals surface area contributed by atoms with Gasteiger partial charge in [0.05, 0.1) is 12.8 Å². The van der Waals surface area contributed by atoms with E-state index in [2.05, 4.69) is 6.92 Å². The van der Waals surface area contributed by atoms with Crippen LogP contribution in [0.2, 0.25) is 0 Å². The SMILES string of the molecule is CCCC[PH+](C)c1cc(F)ccc1F. The summed E-state index contributed by atoms with van der Waals surface area (Å²) in [6.45, 7) is 4.15. The Morgan fingerprint density at radius 1 is 1.29 bits per heavy atom. The summed E-state index contributed by atoms with van der Waals surface area (Å²) in [5.41, 5.74) is 0. The maximum Gasteiger partial charge on any atom is 0.165 e. The molecule has 0 radical (unpaired) electrons. The van der Waals surface area contributed by atoms with Gasteiger partial charge in [-0.15, -0.1) is 0 Å². The molecule has 1 aromatic carbocycles. The minimum absolute atomic E-state index is 0.251. The average molecular weight is 217 g/mol. The van der Waals surface area contributed by atoms with Crippen molar-refractivity contribution < 1.29 is 8.78 Å². The van der Waals surface area contributed by atoms with Crippen LogP contribution in [0.25, 0.3) is 0 Å². The van der Waals surface area contributed by atoms with Crippen LogP contribution in [0.1, 0.15) is 19.8 Å². The smallest absolute Gasteiger partial charge is 0.165 e. The lowest BCUT2D eigenvalue weighted by molar-refractivity contribution is 0.607. The largest absolute Gasteiger partial charge is 0.207 e. The molecule has 14 heavy (non-hydrogen) atoms. The molecular formula is C11H16F2P+. The highest BCUT2D eigenvalue weighted by atomic mass is 31.1. The fraction of sp³-hybridized carbons (Fsp3) is 0.455. The van der Waals surface area contributed by atoms with Gasteiger partial charge in [-0.25, -0.2) is 8.78 Å². The second-order valence-corrected chi connectivity index (χ2v) is 6.11. The molecule has 0 aromatic heterocycles. The lowest BCUT2D eigenvalue weighted by Crippen LogP contribution is -2.08. The van der Waals surface area contributed by atoms with Crippen molar-refractivity contribution in [2.75, 3.05) is 12.8 Å². The summed E-state index contributed by atoms with van der Waals surface area (Å²) in [6, 6.07) is 3.75. The zero-order valence-corrected chi connectivity index (χ0v) is 9.61. The molecule has 0 N–H and O–H groups in total. The number of unbranched alkanes of at least 4 members (excludes halogenated alkanes) is 1. The van der Waals surface area contributed by atoms with Crippen LogP contribution < -0.4 is 5.30 Å². The predicted molar refractivity (Wildman–Crippen MR) is 60.0 cm³/mol. The first-order valence-electron chi connectivity index (χ1n) is 4.93. The van der Waals surface area contributed by atoms with E-state index in [0.29, 0.717) is 5.30 Å². The Balaban J connectivity index is 2.77. The van der Waals surface area contributed by atoms with Gasteiger partial charge in [0.1, 0.15) is 11.1 Å². The molecule has 0 aliphatic rings. The molecule has 0 nitrogen and oxygen atoms in total. The fourth-order valence-corrected chi connectivity index (χ4v) is 3.43. The number of hydrogen-bond acceptors (Lipinski definition) is 0. The number of hydrogen-bond donors (Lipinski definition) is 0. The monoisotopic (exact) mass is 217 g/mol. The molecule has 0 aliphatic heterocycles. The van der Waals surface area contributed by atoms with Crippen molar-refractivity contribution in [3.05, 3.63) is 29.8 Å². The molecule has 0 amide bonds. The van der Waals surface area contributed by atoms with E-state index in [1.165, 1.54) is 18.2 Å². The van der Waals surface area contributed by atoms with E-state index in [-0.39, 0.29) is 11.6 Å². The van der Waals surface area contributed by atoms with Gasteiger partial charge in [0.15, 0.2) is 5.82 Å². The average Bonchev–Trinajstić information content (AvgIpc) is 2.18. The Morgan fingerprint density at radius 3 is 2.64 bits per heavy atom. The molecule has 1 atom stereocenters. The molecule has 0 saturated carbocycles. The molecule has 1 aromatic rings. The summed E-state index contributed by atoms with van der Waals surface area (Å²) in [5.74, 6) is -0.582. The first-order valence-corrected chi connectivity index (χ1v) is 7.13. The first-order chi connectivity index (χ1) is 6.65. The molecule has 0 saturated heterocycles. The van der Waals surface area contributed by atoms with Crippen LogP contribution in [0.15, 0.2) is 18.2 Å². The lowest BCUT2D eigenvalue weighted by Gasteiger charge is -2.05. The van der Waals surface area contributed by atoms with E-state index in [1.807, 2.05) is 6.66 Å². The predicted octanol–water partition coefficient (Wildman–Crippen LogP) is 3.23. The molecule has 0 heterocycles. The minimum atomic E-state index is -0.897. The van der Waals surface area contributed by atoms with Crippen molar-refractivity contribution in [3.8, 4) is 0 Å². The van der Waals surface area contributed by atoms with E-state index in [0.717, 1.165) is 19.0 Å². The van der Waals surface area contributed by atoms with Gasteiger partial charge < -0.3 is 0 Å². The standard InChI is InChI=1S/C11H15F2P/c1-3-4-7-14(2)11-8-9(12)5-6-10(11)13/h5-6,8H,3-4,7H2,1-2H3/p+1. The molecular weight excluding hydrogens is 201 g/mol. The van der Waals surface area contributed by atoms with E-state index in [4.69, 9.17) is 0 Å². The fourth-order valence-electron chi connectivity index (χ4n) is 1.40. The van der Waals surface area contributed by atoms with Crippen molar-refractivity contribution in [3.63, 3.8) is 0 Å². The molecule has 0 spiro atoms. The summed E-state index contributed by atoms with van der Waals surface area (Å²) in [4.78, 5) is 0. The summed E-state index contributed by atoms with van der Waals surface area (Å²) in [5, 5.41) is 0.600. The Labute approximate surface area is 85.1 Å². The minimum Gasteiger partial charge on any atom is -0.207 e. The van der Waals surface area contributed by atoms with Gasteiger partial charge >= 0.3 is 0 Å². The second kappa shape index (κ2) is 5.41. The van der Waals surface area contributed by atoms with Crippen molar-refractivity contribution in [1.82, 2.24) is 0 Å². The lowest BCUT2D eigenvalue weighted by atomic mass is 10.3. The zero-order chi connectivity index (χ0) is 10.6. The van der Waals surface area contributed by atoms with Crippen LogP contribution in [0.3, 0.4) is 0 Å². The molecule has 0 fully saturated rings. The first kappa shape index (κ1) is 11.6. The van der Waals surface area contributed by atoms with E-state index >= 15 is 0 Å². The molecule has 1 unspecified atom stereocenters. The second-order valence-electron chi connectivity index (χ2n) is 3.51. The molecule has 1 rings (SSSR count). The topological polar surface area (TPSA) is 0 Å². The maximum absolute atomic E-state index is 13.3. The summed E-state index contributed by atoms with van der Waals surface area (Å²) in [6.07, 6.45) is 3.22. The van der Waals surface area contributed by atoms with Gasteiger partial charge in [-0.05, 0) is 18.6 Å². The van der Waals surface area contributed by atoms with Crippen LogP contribution in [0.5, 0.6) is 0 Å². The normalized spacial score (nSPS) is 12.9. The van der Waals surface area contributed by atoms with Gasteiger partial charge in [0.2, 0.25) is 0 Å². The zero-order valence-electron chi connectivity index (χ0n) is 8.61. The van der Waals surface area contributed by atoms with Gasteiger partial charge in [-0.2, -0.15) is 0 Å². The van der Waals surface area contributed by atoms with Crippen molar-refractivity contribution >= 4 is 13.2 Å². The van der Waals surface area contributed by atoms with Crippen LogP contribution in [0, 0.1) is 11.6 Å². The molecule has 0 aliphatic carbocycles. The third kappa shape index (κ3) is 3.02. The van der Waals surface area contributed by atoms with Crippen LogP contribution in [0.4, 0.5) is 8.78 Å². The molecule has 78 valence electrons. The highest BCUT2D eigenvalue weighted by Gasteiger charge is 2.17. The summed E-state index contributed by atoms with van der Waals surface area (Å²) < 4.78 is 26.2. The number of benzene rings is 1. The Kier molecular flexibility index (Phi) is 4.47. The molecule has 0 bridgehead atoms. The van der Waals surface area contributed by atoms with Crippen molar-refractivity contribution in [2.24, 2.45) is 0 Å². The van der Waals surface area contributed by atoms with Crippen LogP contribution in [-0.4, -0.2) is 12.8 Å². The van der Waals surface area contributed by atoms with E-state index in [9.17, 15) is 8.78 Å². The van der Waals surface area contributed by atoms with Crippen molar-refractivity contribution in [1.29, 1.82) is 0 Å². The van der Waals surface area contributed by atoms with Crippen LogP contribution in [-0.2, 0) is 0 Å². The van der Waals surface area contributed by atoms with Gasteiger partial charge in [-0.3, -0.25) is 0 Å². The summed E-state index contributed by atoms with van der Waals surface area (Å²) >= 11 is 0. The van der Waals surface area contributed by atoms with Crippen molar-refractivity contribution in [2.45, 2.75) is 19.8 Å². The Bertz CT molecular complexity index is 299. The molecule has 3 heteroatoms. The van der Waals surface area contributed by atoms with Gasteiger partial charge in [-0.1, -0.05) is 13.3 Å². The quantitative estimate of drug-likeness (QED) is 0.679. The Hall–Kier alpha value is -0.490. The van der Waals surface area contributed by atoms with Gasteiger partial charge in [0.25, 0.3) is 0 Å². The van der Waals surface area contributed by atoms with Gasteiger partial charge in [0, 0.05) is 14.0 Å². The van der Waals surface area contributed by atoms with E-state index in [1.54, 1.807) is 0 Å². The Morgan fingerprint density at radius 2 is 2.00 bits per heavy atom. The third-order valence-corrected chi connectivity index (χ3v) is 4.70. The highest BCUT2D eigenvalue weighted by molar-refractivity contribution is 7.64. The van der Waals surface area contributed by atoms with Crippen LogP contribution >= 0.6 is 7.92 Å².